The van der Waals surface area contributed by atoms with Crippen molar-refractivity contribution in [2.24, 2.45) is 7.05 Å². The summed E-state index contributed by atoms with van der Waals surface area (Å²) in [6.45, 7) is 0. The summed E-state index contributed by atoms with van der Waals surface area (Å²) in [4.78, 5) is 29.5. The zero-order chi connectivity index (χ0) is 10.1. The van der Waals surface area contributed by atoms with Crippen LogP contribution in [0.4, 0.5) is 0 Å². The van der Waals surface area contributed by atoms with Crippen molar-refractivity contribution in [2.45, 2.75) is 0 Å². The van der Waals surface area contributed by atoms with Gasteiger partial charge in [0, 0.05) is 18.8 Å². The van der Waals surface area contributed by atoms with Gasteiger partial charge < -0.3 is 4.57 Å². The van der Waals surface area contributed by atoms with Crippen LogP contribution < -0.4 is 5.56 Å². The quantitative estimate of drug-likeness (QED) is 0.598. The number of carbonyl (C=O) groups is 1. The minimum atomic E-state index is -0.220. The molecule has 2 heterocycles. The van der Waals surface area contributed by atoms with E-state index in [9.17, 15) is 9.59 Å². The van der Waals surface area contributed by atoms with Crippen molar-refractivity contribution in [3.05, 3.63) is 34.4 Å². The van der Waals surface area contributed by atoms with E-state index in [1.807, 2.05) is 0 Å². The molecule has 70 valence electrons. The highest BCUT2D eigenvalue weighted by molar-refractivity contribution is 5.81. The van der Waals surface area contributed by atoms with Gasteiger partial charge in [-0.05, 0) is 6.07 Å². The maximum atomic E-state index is 11.2. The molecule has 0 saturated heterocycles. The Morgan fingerprint density at radius 1 is 1.36 bits per heavy atom. The molecule has 0 aliphatic heterocycles. The standard InChI is InChI=1S/C9H7N3O2/c1-12-7-2-6(5-13)3-10-9(7)11-4-8(12)14/h2-5H,1H3. The van der Waals surface area contributed by atoms with Gasteiger partial charge in [0.15, 0.2) is 11.9 Å². The molecule has 5 heteroatoms. The van der Waals surface area contributed by atoms with Crippen LogP contribution >= 0.6 is 0 Å². The van der Waals surface area contributed by atoms with Gasteiger partial charge in [-0.25, -0.2) is 9.97 Å². The first kappa shape index (κ1) is 8.55. The third kappa shape index (κ3) is 1.19. The van der Waals surface area contributed by atoms with Crippen LogP contribution in [0.2, 0.25) is 0 Å². The van der Waals surface area contributed by atoms with Crippen LogP contribution in [0.1, 0.15) is 10.4 Å². The van der Waals surface area contributed by atoms with E-state index in [4.69, 9.17) is 0 Å². The van der Waals surface area contributed by atoms with Gasteiger partial charge in [0.25, 0.3) is 5.56 Å². The van der Waals surface area contributed by atoms with Crippen molar-refractivity contribution in [3.8, 4) is 0 Å². The summed E-state index contributed by atoms with van der Waals surface area (Å²) in [5, 5.41) is 0. The van der Waals surface area contributed by atoms with Crippen LogP contribution in [0.3, 0.4) is 0 Å². The number of nitrogens with zero attached hydrogens (tertiary/aromatic N) is 3. The topological polar surface area (TPSA) is 64.8 Å². The van der Waals surface area contributed by atoms with Gasteiger partial charge in [-0.2, -0.15) is 0 Å². The molecule has 0 radical (unpaired) electrons. The normalized spacial score (nSPS) is 10.4. The number of hydrogen-bond donors (Lipinski definition) is 0. The Labute approximate surface area is 79.0 Å². The minimum Gasteiger partial charge on any atom is -0.307 e. The first-order valence-electron chi connectivity index (χ1n) is 3.99. The van der Waals surface area contributed by atoms with Gasteiger partial charge in [0.05, 0.1) is 11.7 Å². The van der Waals surface area contributed by atoms with Gasteiger partial charge in [-0.1, -0.05) is 0 Å². The zero-order valence-corrected chi connectivity index (χ0v) is 7.47. The molecular weight excluding hydrogens is 182 g/mol. The molecule has 2 rings (SSSR count). The first-order valence-corrected chi connectivity index (χ1v) is 3.99. The molecule has 0 atom stereocenters. The zero-order valence-electron chi connectivity index (χ0n) is 7.47. The van der Waals surface area contributed by atoms with E-state index in [2.05, 4.69) is 9.97 Å². The highest BCUT2D eigenvalue weighted by Crippen LogP contribution is 2.06. The highest BCUT2D eigenvalue weighted by atomic mass is 16.1. The Morgan fingerprint density at radius 3 is 2.79 bits per heavy atom. The Morgan fingerprint density at radius 2 is 2.07 bits per heavy atom. The van der Waals surface area contributed by atoms with Crippen molar-refractivity contribution >= 4 is 17.5 Å². The second-order valence-electron chi connectivity index (χ2n) is 2.88. The van der Waals surface area contributed by atoms with Crippen LogP contribution in [-0.2, 0) is 7.05 Å². The third-order valence-corrected chi connectivity index (χ3v) is 1.99. The third-order valence-electron chi connectivity index (χ3n) is 1.99. The summed E-state index contributed by atoms with van der Waals surface area (Å²) in [6.07, 6.45) is 3.31. The van der Waals surface area contributed by atoms with Crippen molar-refractivity contribution in [1.82, 2.24) is 14.5 Å². The maximum absolute atomic E-state index is 11.2. The fourth-order valence-corrected chi connectivity index (χ4v) is 1.19. The Hall–Kier alpha value is -2.04. The summed E-state index contributed by atoms with van der Waals surface area (Å²) >= 11 is 0. The van der Waals surface area contributed by atoms with Crippen molar-refractivity contribution in [2.75, 3.05) is 0 Å². The SMILES string of the molecule is Cn1c(=O)cnc2ncc(C=O)cc21. The number of aromatic nitrogens is 3. The van der Waals surface area contributed by atoms with Gasteiger partial charge in [-0.3, -0.25) is 9.59 Å². The average Bonchev–Trinajstić information content (AvgIpc) is 2.23. The minimum absolute atomic E-state index is 0.220. The molecular formula is C9H7N3O2. The van der Waals surface area contributed by atoms with Gasteiger partial charge >= 0.3 is 0 Å². The van der Waals surface area contributed by atoms with Gasteiger partial charge in [-0.15, -0.1) is 0 Å². The fraction of sp³-hybridized carbons (Fsp3) is 0.111. The number of fused-ring (bicyclic) bond motifs is 1. The summed E-state index contributed by atoms with van der Waals surface area (Å²) in [6, 6.07) is 1.59. The molecule has 0 unspecified atom stereocenters. The highest BCUT2D eigenvalue weighted by Gasteiger charge is 2.02. The number of aryl methyl sites for hydroxylation is 1. The van der Waals surface area contributed by atoms with E-state index in [0.717, 1.165) is 0 Å². The molecule has 5 nitrogen and oxygen atoms in total. The summed E-state index contributed by atoms with van der Waals surface area (Å²) in [5.41, 5.74) is 1.22. The summed E-state index contributed by atoms with van der Waals surface area (Å²) in [5.74, 6) is 0. The monoisotopic (exact) mass is 189 g/mol. The van der Waals surface area contributed by atoms with Crippen molar-refractivity contribution < 1.29 is 4.79 Å². The predicted molar refractivity (Wildman–Crippen MR) is 50.2 cm³/mol. The van der Waals surface area contributed by atoms with Gasteiger partial charge in [0.2, 0.25) is 0 Å². The average molecular weight is 189 g/mol. The molecule has 0 bridgehead atoms. The molecule has 0 N–H and O–H groups in total. The van der Waals surface area contributed by atoms with Crippen LogP contribution in [0.5, 0.6) is 0 Å². The van der Waals surface area contributed by atoms with E-state index < -0.39 is 0 Å². The predicted octanol–water partition coefficient (Wildman–Crippen LogP) is 0.141. The Bertz CT molecular complexity index is 559. The number of carbonyl (C=O) groups excluding carboxylic acids is 1. The van der Waals surface area contributed by atoms with E-state index >= 15 is 0 Å². The summed E-state index contributed by atoms with van der Waals surface area (Å²) < 4.78 is 1.41. The van der Waals surface area contributed by atoms with E-state index in [1.54, 1.807) is 13.1 Å². The smallest absolute Gasteiger partial charge is 0.269 e. The van der Waals surface area contributed by atoms with E-state index in [1.165, 1.54) is 17.0 Å². The van der Waals surface area contributed by atoms with Crippen molar-refractivity contribution in [1.29, 1.82) is 0 Å². The van der Waals surface area contributed by atoms with Crippen LogP contribution in [-0.4, -0.2) is 20.8 Å². The second-order valence-corrected chi connectivity index (χ2v) is 2.88. The van der Waals surface area contributed by atoms with Gasteiger partial charge in [0.1, 0.15) is 0 Å². The number of hydrogen-bond acceptors (Lipinski definition) is 4. The lowest BCUT2D eigenvalue weighted by Gasteiger charge is -2.01. The first-order chi connectivity index (χ1) is 6.72. The molecule has 0 spiro atoms. The molecule has 0 aliphatic carbocycles. The lowest BCUT2D eigenvalue weighted by atomic mass is 10.3. The molecule has 0 aromatic carbocycles. The lowest BCUT2D eigenvalue weighted by Crippen LogP contribution is -2.17. The van der Waals surface area contributed by atoms with Crippen molar-refractivity contribution in [3.63, 3.8) is 0 Å². The van der Waals surface area contributed by atoms with Crippen LogP contribution in [0.25, 0.3) is 11.2 Å². The Kier molecular flexibility index (Phi) is 1.85. The molecule has 0 saturated carbocycles. The maximum Gasteiger partial charge on any atom is 0.269 e. The molecule has 0 fully saturated rings. The number of rotatable bonds is 1. The fourth-order valence-electron chi connectivity index (χ4n) is 1.19. The van der Waals surface area contributed by atoms with E-state index in [0.29, 0.717) is 23.0 Å². The van der Waals surface area contributed by atoms with E-state index in [-0.39, 0.29) is 5.56 Å². The number of pyridine rings is 1. The second kappa shape index (κ2) is 3.02. The van der Waals surface area contributed by atoms with Crippen LogP contribution in [0, 0.1) is 0 Å². The molecule has 2 aromatic rings. The number of aldehydes is 1. The molecule has 0 amide bonds. The van der Waals surface area contributed by atoms with Crippen LogP contribution in [0.15, 0.2) is 23.3 Å². The molecule has 2 aromatic heterocycles. The summed E-state index contributed by atoms with van der Waals surface area (Å²) in [7, 11) is 1.61. The largest absolute Gasteiger partial charge is 0.307 e. The molecule has 0 aliphatic rings. The lowest BCUT2D eigenvalue weighted by molar-refractivity contribution is 0.112. The molecule has 14 heavy (non-hydrogen) atoms. The Balaban J connectivity index is 2.91.